The second-order valence-electron chi connectivity index (χ2n) is 4.50. The molecule has 0 bridgehead atoms. The number of alkyl halides is 2. The van der Waals surface area contributed by atoms with Crippen molar-refractivity contribution >= 4 is 5.97 Å². The van der Waals surface area contributed by atoms with Crippen molar-refractivity contribution in [1.82, 2.24) is 9.78 Å². The van der Waals surface area contributed by atoms with Crippen LogP contribution in [0.1, 0.15) is 35.0 Å². The summed E-state index contributed by atoms with van der Waals surface area (Å²) in [6, 6.07) is 7.12. The number of benzene rings is 1. The van der Waals surface area contributed by atoms with E-state index in [1.165, 1.54) is 10.9 Å². The van der Waals surface area contributed by atoms with E-state index in [-0.39, 0.29) is 18.8 Å². The average molecular weight is 310 g/mol. The quantitative estimate of drug-likeness (QED) is 0.770. The molecular weight excluding hydrogens is 294 g/mol. The molecule has 1 heterocycles. The van der Waals surface area contributed by atoms with Gasteiger partial charge in [-0.05, 0) is 24.6 Å². The van der Waals surface area contributed by atoms with Crippen LogP contribution >= 0.6 is 0 Å². The first-order valence-electron chi connectivity index (χ1n) is 6.70. The molecule has 2 aromatic rings. The molecule has 0 atom stereocenters. The predicted molar refractivity (Wildman–Crippen MR) is 75.2 cm³/mol. The van der Waals surface area contributed by atoms with E-state index >= 15 is 0 Å². The monoisotopic (exact) mass is 310 g/mol. The van der Waals surface area contributed by atoms with Crippen molar-refractivity contribution in [3.63, 3.8) is 0 Å². The van der Waals surface area contributed by atoms with Gasteiger partial charge in [0.05, 0.1) is 25.8 Å². The number of carbonyl (C=O) groups is 1. The molecule has 0 unspecified atom stereocenters. The van der Waals surface area contributed by atoms with Crippen molar-refractivity contribution in [3.8, 4) is 5.75 Å². The number of ether oxygens (including phenoxy) is 2. The molecule has 118 valence electrons. The minimum Gasteiger partial charge on any atom is -0.497 e. The zero-order valence-electron chi connectivity index (χ0n) is 12.3. The van der Waals surface area contributed by atoms with Gasteiger partial charge in [0, 0.05) is 6.20 Å². The van der Waals surface area contributed by atoms with Crippen LogP contribution in [0.5, 0.6) is 5.75 Å². The van der Waals surface area contributed by atoms with E-state index < -0.39 is 18.0 Å². The van der Waals surface area contributed by atoms with Gasteiger partial charge in [-0.15, -0.1) is 0 Å². The molecule has 1 aromatic carbocycles. The molecule has 1 aromatic heterocycles. The lowest BCUT2D eigenvalue weighted by Gasteiger charge is -2.03. The van der Waals surface area contributed by atoms with E-state index in [0.29, 0.717) is 5.75 Å². The first-order valence-corrected chi connectivity index (χ1v) is 6.70. The fraction of sp³-hybridized carbons (Fsp3) is 0.333. The maximum atomic E-state index is 13.0. The number of rotatable bonds is 6. The zero-order valence-corrected chi connectivity index (χ0v) is 12.3. The van der Waals surface area contributed by atoms with E-state index in [0.717, 1.165) is 5.56 Å². The van der Waals surface area contributed by atoms with Crippen LogP contribution in [-0.2, 0) is 11.3 Å². The predicted octanol–water partition coefficient (Wildman–Crippen LogP) is 3.05. The van der Waals surface area contributed by atoms with Crippen LogP contribution in [0.4, 0.5) is 8.78 Å². The Labute approximate surface area is 126 Å². The van der Waals surface area contributed by atoms with Crippen molar-refractivity contribution in [3.05, 3.63) is 47.3 Å². The molecule has 7 heteroatoms. The van der Waals surface area contributed by atoms with Crippen molar-refractivity contribution in [1.29, 1.82) is 0 Å². The molecule has 0 radical (unpaired) electrons. The molecule has 0 amide bonds. The van der Waals surface area contributed by atoms with Crippen LogP contribution in [-0.4, -0.2) is 29.5 Å². The van der Waals surface area contributed by atoms with Crippen LogP contribution in [0, 0.1) is 0 Å². The van der Waals surface area contributed by atoms with Gasteiger partial charge < -0.3 is 9.47 Å². The van der Waals surface area contributed by atoms with Gasteiger partial charge in [-0.1, -0.05) is 12.1 Å². The van der Waals surface area contributed by atoms with Gasteiger partial charge in [0.1, 0.15) is 5.75 Å². The van der Waals surface area contributed by atoms with Gasteiger partial charge in [-0.3, -0.25) is 4.68 Å². The molecular formula is C15H16F2N2O3. The first kappa shape index (κ1) is 15.9. The SMILES string of the molecule is CCOC(=O)c1nn(Cc2ccc(OC)cc2)cc1C(F)F. The van der Waals surface area contributed by atoms with E-state index in [2.05, 4.69) is 5.10 Å². The lowest BCUT2D eigenvalue weighted by atomic mass is 10.2. The molecule has 5 nitrogen and oxygen atoms in total. The van der Waals surface area contributed by atoms with Crippen molar-refractivity contribution in [2.24, 2.45) is 0 Å². The van der Waals surface area contributed by atoms with Gasteiger partial charge in [0.25, 0.3) is 6.43 Å². The van der Waals surface area contributed by atoms with E-state index in [1.807, 2.05) is 0 Å². The molecule has 0 saturated carbocycles. The van der Waals surface area contributed by atoms with E-state index in [1.54, 1.807) is 38.3 Å². The van der Waals surface area contributed by atoms with Crippen molar-refractivity contribution in [2.45, 2.75) is 19.9 Å². The summed E-state index contributed by atoms with van der Waals surface area (Å²) in [5.41, 5.74) is 0.0804. The topological polar surface area (TPSA) is 53.3 Å². The highest BCUT2D eigenvalue weighted by Gasteiger charge is 2.24. The number of nitrogens with zero attached hydrogens (tertiary/aromatic N) is 2. The second kappa shape index (κ2) is 7.02. The van der Waals surface area contributed by atoms with Crippen LogP contribution in [0.15, 0.2) is 30.5 Å². The molecule has 0 saturated heterocycles. The molecule has 0 aliphatic heterocycles. The number of hydrogen-bond acceptors (Lipinski definition) is 4. The molecule has 0 aliphatic carbocycles. The van der Waals surface area contributed by atoms with Gasteiger partial charge in [0.15, 0.2) is 5.69 Å². The Balaban J connectivity index is 2.23. The summed E-state index contributed by atoms with van der Waals surface area (Å²) < 4.78 is 37.1. The fourth-order valence-corrected chi connectivity index (χ4v) is 1.95. The summed E-state index contributed by atoms with van der Waals surface area (Å²) >= 11 is 0. The molecule has 0 N–H and O–H groups in total. The number of hydrogen-bond donors (Lipinski definition) is 0. The Morgan fingerprint density at radius 1 is 1.32 bits per heavy atom. The van der Waals surface area contributed by atoms with Crippen molar-refractivity contribution in [2.75, 3.05) is 13.7 Å². The van der Waals surface area contributed by atoms with E-state index in [4.69, 9.17) is 9.47 Å². The Morgan fingerprint density at radius 3 is 2.55 bits per heavy atom. The Kier molecular flexibility index (Phi) is 5.08. The second-order valence-corrected chi connectivity index (χ2v) is 4.50. The van der Waals surface area contributed by atoms with Gasteiger partial charge in [0.2, 0.25) is 0 Å². The third-order valence-electron chi connectivity index (χ3n) is 3.00. The minimum atomic E-state index is -2.79. The number of methoxy groups -OCH3 is 1. The van der Waals surface area contributed by atoms with Gasteiger partial charge >= 0.3 is 5.97 Å². The van der Waals surface area contributed by atoms with Crippen LogP contribution in [0.25, 0.3) is 0 Å². The Bertz CT molecular complexity index is 639. The Morgan fingerprint density at radius 2 is 2.00 bits per heavy atom. The normalized spacial score (nSPS) is 10.8. The summed E-state index contributed by atoms with van der Waals surface area (Å²) in [4.78, 5) is 11.7. The third-order valence-corrected chi connectivity index (χ3v) is 3.00. The van der Waals surface area contributed by atoms with Gasteiger partial charge in [-0.2, -0.15) is 5.10 Å². The summed E-state index contributed by atoms with van der Waals surface area (Å²) in [6.45, 7) is 1.98. The largest absolute Gasteiger partial charge is 0.497 e. The molecule has 22 heavy (non-hydrogen) atoms. The van der Waals surface area contributed by atoms with Crippen molar-refractivity contribution < 1.29 is 23.0 Å². The van der Waals surface area contributed by atoms with Crippen LogP contribution in [0.3, 0.4) is 0 Å². The van der Waals surface area contributed by atoms with Crippen LogP contribution in [0.2, 0.25) is 0 Å². The highest BCUT2D eigenvalue weighted by molar-refractivity contribution is 5.88. The number of aromatic nitrogens is 2. The summed E-state index contributed by atoms with van der Waals surface area (Å²) in [5.74, 6) is -0.143. The van der Waals surface area contributed by atoms with Gasteiger partial charge in [-0.25, -0.2) is 13.6 Å². The smallest absolute Gasteiger partial charge is 0.359 e. The summed E-state index contributed by atoms with van der Waals surface area (Å²) in [7, 11) is 1.56. The molecule has 0 spiro atoms. The molecule has 2 rings (SSSR count). The highest BCUT2D eigenvalue weighted by atomic mass is 19.3. The zero-order chi connectivity index (χ0) is 16.1. The number of carbonyl (C=O) groups excluding carboxylic acids is 1. The standard InChI is InChI=1S/C15H16F2N2O3/c1-3-22-15(20)13-12(14(16)17)9-19(18-13)8-10-4-6-11(21-2)7-5-10/h4-7,9,14H,3,8H2,1-2H3. The average Bonchev–Trinajstić information content (AvgIpc) is 2.92. The summed E-state index contributed by atoms with van der Waals surface area (Å²) in [5, 5.41) is 3.92. The highest BCUT2D eigenvalue weighted by Crippen LogP contribution is 2.23. The Hall–Kier alpha value is -2.44. The number of halogens is 2. The minimum absolute atomic E-state index is 0.104. The molecule has 0 aliphatic rings. The molecule has 0 fully saturated rings. The first-order chi connectivity index (χ1) is 10.5. The fourth-order valence-electron chi connectivity index (χ4n) is 1.95. The summed E-state index contributed by atoms with van der Waals surface area (Å²) in [6.07, 6.45) is -1.62. The maximum absolute atomic E-state index is 13.0. The lowest BCUT2D eigenvalue weighted by molar-refractivity contribution is 0.0508. The third kappa shape index (κ3) is 3.60. The maximum Gasteiger partial charge on any atom is 0.359 e. The van der Waals surface area contributed by atoms with Crippen LogP contribution < -0.4 is 4.74 Å². The lowest BCUT2D eigenvalue weighted by Crippen LogP contribution is -2.09. The number of esters is 1. The van der Waals surface area contributed by atoms with E-state index in [9.17, 15) is 13.6 Å².